The predicted molar refractivity (Wildman–Crippen MR) is 61.7 cm³/mol. The maximum Gasteiger partial charge on any atom is 0.293 e. The molecule has 0 aliphatic rings. The lowest BCUT2D eigenvalue weighted by Gasteiger charge is -1.95. The molecule has 0 aliphatic carbocycles. The van der Waals surface area contributed by atoms with Crippen LogP contribution >= 0.6 is 11.6 Å². The molecular weight excluding hydrogens is 214 g/mol. The predicted octanol–water partition coefficient (Wildman–Crippen LogP) is 1.93. The van der Waals surface area contributed by atoms with Gasteiger partial charge in [-0.2, -0.15) is 0 Å². The van der Waals surface area contributed by atoms with E-state index in [4.69, 9.17) is 17.3 Å². The number of alkyl halides is 1. The lowest BCUT2D eigenvalue weighted by molar-refractivity contribution is -0.129. The third kappa shape index (κ3) is 9.25. The first-order chi connectivity index (χ1) is 7.35. The Morgan fingerprint density at radius 2 is 2.00 bits per heavy atom. The van der Waals surface area contributed by atoms with Crippen molar-refractivity contribution in [1.29, 1.82) is 0 Å². The summed E-state index contributed by atoms with van der Waals surface area (Å²) >= 11 is 5.22. The summed E-state index contributed by atoms with van der Waals surface area (Å²) in [6.45, 7) is 1.53. The first kappa shape index (κ1) is 13.9. The molecule has 0 unspecified atom stereocenters. The Kier molecular flexibility index (Phi) is 10.2. The molecule has 84 valence electrons. The van der Waals surface area contributed by atoms with Crippen molar-refractivity contribution in [3.05, 3.63) is 35.9 Å². The minimum absolute atomic E-state index is 0.365. The summed E-state index contributed by atoms with van der Waals surface area (Å²) < 4.78 is 4.54. The summed E-state index contributed by atoms with van der Waals surface area (Å²) in [5, 5.41) is 0. The van der Waals surface area contributed by atoms with Crippen LogP contribution in [0.2, 0.25) is 0 Å². The molecule has 2 N–H and O–H groups in total. The Hall–Kier alpha value is -1.06. The van der Waals surface area contributed by atoms with E-state index in [1.54, 1.807) is 0 Å². The highest BCUT2D eigenvalue weighted by atomic mass is 35.5. The van der Waals surface area contributed by atoms with Crippen LogP contribution < -0.4 is 5.73 Å². The molecule has 0 spiro atoms. The van der Waals surface area contributed by atoms with E-state index in [2.05, 4.69) is 4.74 Å². The minimum Gasteiger partial charge on any atom is -0.463 e. The Morgan fingerprint density at radius 3 is 2.40 bits per heavy atom. The van der Waals surface area contributed by atoms with Gasteiger partial charge in [0.25, 0.3) is 6.47 Å². The fourth-order valence-corrected chi connectivity index (χ4v) is 0.936. The Labute approximate surface area is 95.2 Å². The maximum absolute atomic E-state index is 9.76. The zero-order valence-corrected chi connectivity index (χ0v) is 9.32. The van der Waals surface area contributed by atoms with Gasteiger partial charge in [-0.3, -0.25) is 4.79 Å². The summed E-state index contributed by atoms with van der Waals surface area (Å²) in [7, 11) is 0. The molecule has 0 aromatic heterocycles. The fourth-order valence-electron chi connectivity index (χ4n) is 0.782. The van der Waals surface area contributed by atoms with E-state index in [1.807, 2.05) is 30.3 Å². The number of carbonyl (C=O) groups excluding carboxylic acids is 1. The topological polar surface area (TPSA) is 52.3 Å². The maximum atomic E-state index is 9.76. The summed E-state index contributed by atoms with van der Waals surface area (Å²) in [5.74, 6) is 0.691. The quantitative estimate of drug-likeness (QED) is 0.620. The molecule has 0 aliphatic heterocycles. The molecule has 0 saturated carbocycles. The second-order valence-electron chi connectivity index (χ2n) is 2.72. The third-order valence-corrected chi connectivity index (χ3v) is 1.77. The van der Waals surface area contributed by atoms with Gasteiger partial charge in [0.15, 0.2) is 0 Å². The molecule has 1 rings (SSSR count). The number of benzene rings is 1. The van der Waals surface area contributed by atoms with Gasteiger partial charge in [-0.15, -0.1) is 11.6 Å². The van der Waals surface area contributed by atoms with Crippen LogP contribution in [0.3, 0.4) is 0 Å². The second kappa shape index (κ2) is 11.0. The Bertz CT molecular complexity index is 240. The molecule has 0 fully saturated rings. The molecule has 0 saturated heterocycles. The SMILES string of the molecule is NCCCCl.O=COCc1ccccc1. The van der Waals surface area contributed by atoms with Gasteiger partial charge in [0, 0.05) is 5.88 Å². The van der Waals surface area contributed by atoms with Gasteiger partial charge < -0.3 is 10.5 Å². The molecule has 0 atom stereocenters. The molecule has 0 heterocycles. The van der Waals surface area contributed by atoms with Gasteiger partial charge >= 0.3 is 0 Å². The first-order valence-corrected chi connectivity index (χ1v) is 5.23. The largest absolute Gasteiger partial charge is 0.463 e. The second-order valence-corrected chi connectivity index (χ2v) is 3.10. The van der Waals surface area contributed by atoms with Gasteiger partial charge in [0.2, 0.25) is 0 Å². The third-order valence-electron chi connectivity index (χ3n) is 1.50. The summed E-state index contributed by atoms with van der Waals surface area (Å²) in [6, 6.07) is 9.55. The molecule has 4 heteroatoms. The molecule has 1 aromatic carbocycles. The first-order valence-electron chi connectivity index (χ1n) is 4.70. The number of carbonyl (C=O) groups is 1. The molecule has 3 nitrogen and oxygen atoms in total. The van der Waals surface area contributed by atoms with Crippen molar-refractivity contribution in [3.8, 4) is 0 Å². The van der Waals surface area contributed by atoms with E-state index >= 15 is 0 Å². The number of halogens is 1. The van der Waals surface area contributed by atoms with Crippen molar-refractivity contribution >= 4 is 18.1 Å². The minimum atomic E-state index is 0.365. The zero-order valence-electron chi connectivity index (χ0n) is 8.56. The number of nitrogens with two attached hydrogens (primary N) is 1. The van der Waals surface area contributed by atoms with Crippen LogP contribution in [-0.4, -0.2) is 18.9 Å². The van der Waals surface area contributed by atoms with E-state index in [-0.39, 0.29) is 0 Å². The molecule has 0 bridgehead atoms. The zero-order chi connectivity index (χ0) is 11.4. The van der Waals surface area contributed by atoms with Gasteiger partial charge in [-0.1, -0.05) is 30.3 Å². The highest BCUT2D eigenvalue weighted by Gasteiger charge is 1.87. The molecule has 0 amide bonds. The lowest BCUT2D eigenvalue weighted by atomic mass is 10.2. The van der Waals surface area contributed by atoms with Gasteiger partial charge in [-0.05, 0) is 18.5 Å². The molecular formula is C11H16ClNO2. The van der Waals surface area contributed by atoms with Gasteiger partial charge in [-0.25, -0.2) is 0 Å². The van der Waals surface area contributed by atoms with Crippen molar-refractivity contribution in [2.75, 3.05) is 12.4 Å². The average molecular weight is 230 g/mol. The van der Waals surface area contributed by atoms with Crippen molar-refractivity contribution in [2.45, 2.75) is 13.0 Å². The molecule has 0 radical (unpaired) electrons. The van der Waals surface area contributed by atoms with E-state index in [0.29, 0.717) is 25.5 Å². The van der Waals surface area contributed by atoms with Crippen LogP contribution in [0, 0.1) is 0 Å². The van der Waals surface area contributed by atoms with Crippen molar-refractivity contribution in [2.24, 2.45) is 5.73 Å². The van der Waals surface area contributed by atoms with E-state index in [9.17, 15) is 4.79 Å². The van der Waals surface area contributed by atoms with E-state index in [0.717, 1.165) is 12.0 Å². The van der Waals surface area contributed by atoms with Crippen LogP contribution in [-0.2, 0) is 16.1 Å². The number of ether oxygens (including phenoxy) is 1. The van der Waals surface area contributed by atoms with Crippen molar-refractivity contribution in [1.82, 2.24) is 0 Å². The van der Waals surface area contributed by atoms with Crippen molar-refractivity contribution in [3.63, 3.8) is 0 Å². The number of hydrogen-bond donors (Lipinski definition) is 1. The smallest absolute Gasteiger partial charge is 0.293 e. The van der Waals surface area contributed by atoms with Crippen LogP contribution in [0.4, 0.5) is 0 Å². The molecule has 1 aromatic rings. The normalized spacial score (nSPS) is 8.67. The summed E-state index contributed by atoms with van der Waals surface area (Å²) in [5.41, 5.74) is 6.06. The molecule has 15 heavy (non-hydrogen) atoms. The lowest BCUT2D eigenvalue weighted by Crippen LogP contribution is -1.97. The number of rotatable bonds is 5. The van der Waals surface area contributed by atoms with Crippen LogP contribution in [0.1, 0.15) is 12.0 Å². The van der Waals surface area contributed by atoms with Gasteiger partial charge in [0.05, 0.1) is 0 Å². The van der Waals surface area contributed by atoms with E-state index < -0.39 is 0 Å². The van der Waals surface area contributed by atoms with Crippen LogP contribution in [0.15, 0.2) is 30.3 Å². The Balaban J connectivity index is 0.000000336. The van der Waals surface area contributed by atoms with Crippen LogP contribution in [0.25, 0.3) is 0 Å². The summed E-state index contributed by atoms with van der Waals surface area (Å²) in [6.07, 6.45) is 0.932. The van der Waals surface area contributed by atoms with Gasteiger partial charge in [0.1, 0.15) is 6.61 Å². The monoisotopic (exact) mass is 229 g/mol. The average Bonchev–Trinajstić information content (AvgIpc) is 2.30. The number of hydrogen-bond acceptors (Lipinski definition) is 3. The fraction of sp³-hybridized carbons (Fsp3) is 0.364. The van der Waals surface area contributed by atoms with E-state index in [1.165, 1.54) is 0 Å². The highest BCUT2D eigenvalue weighted by molar-refractivity contribution is 6.17. The van der Waals surface area contributed by atoms with Crippen molar-refractivity contribution < 1.29 is 9.53 Å². The highest BCUT2D eigenvalue weighted by Crippen LogP contribution is 1.98. The standard InChI is InChI=1S/C8H8O2.C3H8ClN/c9-7-10-6-8-4-2-1-3-5-8;4-2-1-3-5/h1-5,7H,6H2;1-3,5H2. The Morgan fingerprint density at radius 1 is 1.33 bits per heavy atom. The van der Waals surface area contributed by atoms with Crippen LogP contribution in [0.5, 0.6) is 0 Å². The summed E-state index contributed by atoms with van der Waals surface area (Å²) in [4.78, 5) is 9.76.